The van der Waals surface area contributed by atoms with E-state index in [1.807, 2.05) is 40.7 Å². The summed E-state index contributed by atoms with van der Waals surface area (Å²) in [6.07, 6.45) is 0.352. The van der Waals surface area contributed by atoms with E-state index in [-0.39, 0.29) is 11.7 Å². The van der Waals surface area contributed by atoms with Crippen molar-refractivity contribution in [3.63, 3.8) is 0 Å². The van der Waals surface area contributed by atoms with E-state index < -0.39 is 0 Å². The number of nitrogens with one attached hydrogen (secondary N) is 1. The highest BCUT2D eigenvalue weighted by atomic mass is 32.1. The van der Waals surface area contributed by atoms with Crippen molar-refractivity contribution in [3.8, 4) is 17.1 Å². The normalized spacial score (nSPS) is 14.5. The fourth-order valence-corrected chi connectivity index (χ4v) is 4.30. The Morgan fingerprint density at radius 3 is 2.58 bits per heavy atom. The van der Waals surface area contributed by atoms with Crippen molar-refractivity contribution >= 4 is 18.1 Å². The van der Waals surface area contributed by atoms with Crippen molar-refractivity contribution < 1.29 is 13.9 Å². The van der Waals surface area contributed by atoms with Crippen LogP contribution >= 0.6 is 12.2 Å². The number of halogens is 1. The standard InChI is InChI=1S/C24H28FN5O2S/c1-17-3-5-18(6-4-17)23-26-27-24(33)30(23)10-9-22(31)29-13-11-28(12-14-29)16-19-15-20(25)7-8-21(19)32-2/h3-8,15H,9-14,16H2,1-2H3,(H,27,33). The highest BCUT2D eigenvalue weighted by Gasteiger charge is 2.22. The predicted octanol–water partition coefficient (Wildman–Crippen LogP) is 3.80. The predicted molar refractivity (Wildman–Crippen MR) is 127 cm³/mol. The van der Waals surface area contributed by atoms with Crippen molar-refractivity contribution in [2.24, 2.45) is 0 Å². The number of carbonyl (C=O) groups excluding carboxylic acids is 1. The number of hydrogen-bond acceptors (Lipinski definition) is 5. The molecule has 1 saturated heterocycles. The summed E-state index contributed by atoms with van der Waals surface area (Å²) in [4.78, 5) is 17.0. The Hall–Kier alpha value is -3.04. The maximum Gasteiger partial charge on any atom is 0.224 e. The quantitative estimate of drug-likeness (QED) is 0.533. The molecule has 2 aromatic carbocycles. The van der Waals surface area contributed by atoms with Gasteiger partial charge in [0.1, 0.15) is 11.6 Å². The van der Waals surface area contributed by atoms with Gasteiger partial charge in [0.25, 0.3) is 0 Å². The Morgan fingerprint density at radius 1 is 1.15 bits per heavy atom. The molecule has 3 aromatic rings. The molecule has 0 unspecified atom stereocenters. The molecular formula is C24H28FN5O2S. The summed E-state index contributed by atoms with van der Waals surface area (Å²) in [5, 5.41) is 7.20. The van der Waals surface area contributed by atoms with Gasteiger partial charge in [-0.2, -0.15) is 5.10 Å². The number of benzene rings is 2. The Bertz CT molecular complexity index is 1170. The van der Waals surface area contributed by atoms with E-state index in [1.165, 1.54) is 17.7 Å². The van der Waals surface area contributed by atoms with Gasteiger partial charge in [-0.15, -0.1) is 0 Å². The van der Waals surface area contributed by atoms with E-state index in [1.54, 1.807) is 13.2 Å². The van der Waals surface area contributed by atoms with E-state index in [9.17, 15) is 9.18 Å². The summed E-state index contributed by atoms with van der Waals surface area (Å²) in [6.45, 7) is 5.82. The molecule has 0 aliphatic carbocycles. The molecular weight excluding hydrogens is 441 g/mol. The first kappa shape index (κ1) is 23.1. The third kappa shape index (κ3) is 5.48. The van der Waals surface area contributed by atoms with E-state index in [0.29, 0.717) is 43.1 Å². The molecule has 1 amide bonds. The SMILES string of the molecule is COc1ccc(F)cc1CN1CCN(C(=O)CCn2c(-c3ccc(C)cc3)n[nH]c2=S)CC1. The maximum atomic E-state index is 13.6. The lowest BCUT2D eigenvalue weighted by molar-refractivity contribution is -0.133. The van der Waals surface area contributed by atoms with Crippen molar-refractivity contribution in [3.05, 3.63) is 64.2 Å². The second-order valence-electron chi connectivity index (χ2n) is 8.23. The third-order valence-corrected chi connectivity index (χ3v) is 6.29. The zero-order valence-corrected chi connectivity index (χ0v) is 19.7. The number of carbonyl (C=O) groups is 1. The van der Waals surface area contributed by atoms with Crippen molar-refractivity contribution in [1.29, 1.82) is 0 Å². The van der Waals surface area contributed by atoms with Gasteiger partial charge in [-0.25, -0.2) is 4.39 Å². The van der Waals surface area contributed by atoms with Gasteiger partial charge in [0.15, 0.2) is 10.6 Å². The first-order chi connectivity index (χ1) is 15.9. The maximum absolute atomic E-state index is 13.6. The summed E-state index contributed by atoms with van der Waals surface area (Å²) < 4.78 is 21.4. The summed E-state index contributed by atoms with van der Waals surface area (Å²) in [6, 6.07) is 12.6. The molecule has 1 aromatic heterocycles. The molecule has 7 nitrogen and oxygen atoms in total. The number of aromatic amines is 1. The van der Waals surface area contributed by atoms with Gasteiger partial charge in [0, 0.05) is 56.8 Å². The first-order valence-electron chi connectivity index (χ1n) is 11.0. The summed E-state index contributed by atoms with van der Waals surface area (Å²) in [7, 11) is 1.59. The Kier molecular flexibility index (Phi) is 7.20. The minimum Gasteiger partial charge on any atom is -0.496 e. The number of ether oxygens (including phenoxy) is 1. The van der Waals surface area contributed by atoms with E-state index in [2.05, 4.69) is 15.1 Å². The van der Waals surface area contributed by atoms with Crippen molar-refractivity contribution in [2.45, 2.75) is 26.4 Å². The average molecular weight is 470 g/mol. The summed E-state index contributed by atoms with van der Waals surface area (Å²) in [5.41, 5.74) is 2.95. The number of aromatic nitrogens is 3. The van der Waals surface area contributed by atoms with Crippen LogP contribution in [0.4, 0.5) is 4.39 Å². The Morgan fingerprint density at radius 2 is 1.88 bits per heavy atom. The number of methoxy groups -OCH3 is 1. The molecule has 9 heteroatoms. The second kappa shape index (κ2) is 10.3. The van der Waals surface area contributed by atoms with Crippen LogP contribution in [0.5, 0.6) is 5.75 Å². The highest BCUT2D eigenvalue weighted by molar-refractivity contribution is 7.71. The molecule has 2 heterocycles. The van der Waals surface area contributed by atoms with Gasteiger partial charge >= 0.3 is 0 Å². The highest BCUT2D eigenvalue weighted by Crippen LogP contribution is 2.22. The first-order valence-corrected chi connectivity index (χ1v) is 11.4. The molecule has 1 aliphatic rings. The lowest BCUT2D eigenvalue weighted by atomic mass is 10.1. The molecule has 174 valence electrons. The minimum atomic E-state index is -0.275. The van der Waals surface area contributed by atoms with Crippen LogP contribution in [0.3, 0.4) is 0 Å². The summed E-state index contributed by atoms with van der Waals surface area (Å²) in [5.74, 6) is 1.23. The lowest BCUT2D eigenvalue weighted by Gasteiger charge is -2.35. The van der Waals surface area contributed by atoms with E-state index >= 15 is 0 Å². The molecule has 1 aliphatic heterocycles. The van der Waals surface area contributed by atoms with Crippen LogP contribution in [0.1, 0.15) is 17.5 Å². The third-order valence-electron chi connectivity index (χ3n) is 5.98. The van der Waals surface area contributed by atoms with Gasteiger partial charge in [-0.3, -0.25) is 19.4 Å². The van der Waals surface area contributed by atoms with Crippen LogP contribution in [-0.4, -0.2) is 63.8 Å². The van der Waals surface area contributed by atoms with E-state index in [0.717, 1.165) is 30.0 Å². The van der Waals surface area contributed by atoms with Crippen LogP contribution < -0.4 is 4.74 Å². The van der Waals surface area contributed by atoms with Crippen molar-refractivity contribution in [1.82, 2.24) is 24.6 Å². The zero-order valence-electron chi connectivity index (χ0n) is 18.9. The Labute approximate surface area is 197 Å². The number of rotatable bonds is 7. The van der Waals surface area contributed by atoms with Crippen molar-refractivity contribution in [2.75, 3.05) is 33.3 Å². The van der Waals surface area contributed by atoms with Crippen LogP contribution in [0.25, 0.3) is 11.4 Å². The molecule has 1 fully saturated rings. The number of amides is 1. The average Bonchev–Trinajstić information content (AvgIpc) is 3.19. The molecule has 4 rings (SSSR count). The number of nitrogens with zero attached hydrogens (tertiary/aromatic N) is 4. The van der Waals surface area contributed by atoms with Crippen LogP contribution in [0.15, 0.2) is 42.5 Å². The summed E-state index contributed by atoms with van der Waals surface area (Å²) >= 11 is 5.39. The molecule has 0 atom stereocenters. The molecule has 33 heavy (non-hydrogen) atoms. The molecule has 0 bridgehead atoms. The molecule has 0 saturated carbocycles. The van der Waals surface area contributed by atoms with Gasteiger partial charge in [0.2, 0.25) is 5.91 Å². The smallest absolute Gasteiger partial charge is 0.224 e. The molecule has 0 spiro atoms. The fraction of sp³-hybridized carbons (Fsp3) is 0.375. The molecule has 1 N–H and O–H groups in total. The number of piperazine rings is 1. The lowest BCUT2D eigenvalue weighted by Crippen LogP contribution is -2.48. The topological polar surface area (TPSA) is 66.4 Å². The van der Waals surface area contributed by atoms with Gasteiger partial charge in [-0.05, 0) is 37.3 Å². The second-order valence-corrected chi connectivity index (χ2v) is 8.62. The molecule has 0 radical (unpaired) electrons. The fourth-order valence-electron chi connectivity index (χ4n) is 4.08. The largest absolute Gasteiger partial charge is 0.496 e. The minimum absolute atomic E-state index is 0.0935. The van der Waals surface area contributed by atoms with Crippen LogP contribution in [0, 0.1) is 17.5 Å². The monoisotopic (exact) mass is 469 g/mol. The van der Waals surface area contributed by atoms with Gasteiger partial charge < -0.3 is 9.64 Å². The number of aryl methyl sites for hydroxylation is 1. The van der Waals surface area contributed by atoms with Gasteiger partial charge in [-0.1, -0.05) is 29.8 Å². The zero-order chi connectivity index (χ0) is 23.4. The van der Waals surface area contributed by atoms with Gasteiger partial charge in [0.05, 0.1) is 7.11 Å². The van der Waals surface area contributed by atoms with Crippen LogP contribution in [-0.2, 0) is 17.9 Å². The number of H-pyrrole nitrogens is 1. The van der Waals surface area contributed by atoms with Crippen LogP contribution in [0.2, 0.25) is 0 Å². The number of hydrogen-bond donors (Lipinski definition) is 1. The Balaban J connectivity index is 1.33. The van der Waals surface area contributed by atoms with E-state index in [4.69, 9.17) is 17.0 Å².